The largest absolute Gasteiger partial charge is 0.344 e. The zero-order valence-electron chi connectivity index (χ0n) is 11.5. The second-order valence-corrected chi connectivity index (χ2v) is 4.99. The molecule has 1 atom stereocenters. The molecule has 116 valence electrons. The quantitative estimate of drug-likeness (QED) is 0.870. The molecule has 8 heteroatoms. The minimum atomic E-state index is -0.167. The van der Waals surface area contributed by atoms with Crippen LogP contribution in [0, 0.1) is 0 Å². The zero-order chi connectivity index (χ0) is 13.7. The first kappa shape index (κ1) is 19.8. The maximum atomic E-state index is 12.1. The Balaban J connectivity index is 0.00000200. The van der Waals surface area contributed by atoms with Crippen molar-refractivity contribution >= 4 is 42.1 Å². The molecule has 0 aromatic carbocycles. The third kappa shape index (κ3) is 5.24. The van der Waals surface area contributed by atoms with Crippen molar-refractivity contribution in [2.24, 2.45) is 5.73 Å². The Bertz CT molecular complexity index is 550. The molecule has 0 bridgehead atoms. The van der Waals surface area contributed by atoms with Crippen molar-refractivity contribution in [2.75, 3.05) is 0 Å². The summed E-state index contributed by atoms with van der Waals surface area (Å²) in [5, 5.41) is 5.47. The Hall–Kier alpha value is -1.21. The summed E-state index contributed by atoms with van der Waals surface area (Å²) in [4.78, 5) is 20.2. The van der Waals surface area contributed by atoms with Crippen molar-refractivity contribution in [1.29, 1.82) is 0 Å². The molecular formula is C13H18Cl2N4OS. The molecule has 0 radical (unpaired) electrons. The second kappa shape index (κ2) is 9.68. The molecule has 2 aromatic heterocycles. The Labute approximate surface area is 140 Å². The minimum Gasteiger partial charge on any atom is -0.344 e. The maximum Gasteiger partial charge on any atom is 0.271 e. The Morgan fingerprint density at radius 3 is 2.57 bits per heavy atom. The lowest BCUT2D eigenvalue weighted by Crippen LogP contribution is -2.28. The van der Waals surface area contributed by atoms with Crippen LogP contribution < -0.4 is 11.1 Å². The number of hydrogen-bond acceptors (Lipinski definition) is 5. The van der Waals surface area contributed by atoms with Gasteiger partial charge in [-0.3, -0.25) is 9.78 Å². The van der Waals surface area contributed by atoms with Gasteiger partial charge in [0, 0.05) is 24.3 Å². The number of pyridine rings is 1. The summed E-state index contributed by atoms with van der Waals surface area (Å²) in [6.07, 6.45) is 4.25. The molecular weight excluding hydrogens is 331 g/mol. The van der Waals surface area contributed by atoms with E-state index in [2.05, 4.69) is 15.3 Å². The van der Waals surface area contributed by atoms with Gasteiger partial charge in [-0.2, -0.15) is 0 Å². The summed E-state index contributed by atoms with van der Waals surface area (Å²) >= 11 is 1.40. The van der Waals surface area contributed by atoms with E-state index in [1.807, 2.05) is 19.1 Å². The molecule has 0 saturated heterocycles. The smallest absolute Gasteiger partial charge is 0.271 e. The molecule has 0 spiro atoms. The second-order valence-electron chi connectivity index (χ2n) is 4.05. The first-order valence-corrected chi connectivity index (χ1v) is 6.97. The van der Waals surface area contributed by atoms with Crippen LogP contribution in [0.2, 0.25) is 0 Å². The van der Waals surface area contributed by atoms with Gasteiger partial charge in [0.2, 0.25) is 0 Å². The van der Waals surface area contributed by atoms with Crippen LogP contribution in [0.4, 0.5) is 0 Å². The zero-order valence-corrected chi connectivity index (χ0v) is 13.9. The number of aromatic nitrogens is 2. The molecule has 2 heterocycles. The lowest BCUT2D eigenvalue weighted by atomic mass is 10.1. The van der Waals surface area contributed by atoms with Gasteiger partial charge >= 0.3 is 0 Å². The van der Waals surface area contributed by atoms with Crippen molar-refractivity contribution in [1.82, 2.24) is 15.3 Å². The van der Waals surface area contributed by atoms with E-state index in [4.69, 9.17) is 5.73 Å². The third-order valence-electron chi connectivity index (χ3n) is 2.78. The molecule has 0 aliphatic rings. The minimum absolute atomic E-state index is 0. The fourth-order valence-corrected chi connectivity index (χ4v) is 2.41. The van der Waals surface area contributed by atoms with E-state index >= 15 is 0 Å². The first-order chi connectivity index (χ1) is 9.24. The number of carbonyl (C=O) groups excluding carboxylic acids is 1. The van der Waals surface area contributed by atoms with E-state index in [0.717, 1.165) is 17.0 Å². The van der Waals surface area contributed by atoms with Gasteiger partial charge in [0.25, 0.3) is 5.91 Å². The van der Waals surface area contributed by atoms with E-state index in [1.165, 1.54) is 11.3 Å². The van der Waals surface area contributed by atoms with Gasteiger partial charge in [0.1, 0.15) is 10.7 Å². The van der Waals surface area contributed by atoms with Gasteiger partial charge in [-0.15, -0.1) is 36.2 Å². The van der Waals surface area contributed by atoms with Crippen molar-refractivity contribution in [3.05, 3.63) is 46.2 Å². The summed E-state index contributed by atoms with van der Waals surface area (Å²) in [5.74, 6) is -0.167. The van der Waals surface area contributed by atoms with Crippen LogP contribution in [-0.2, 0) is 6.54 Å². The Kier molecular flexibility index (Phi) is 9.12. The highest BCUT2D eigenvalue weighted by Crippen LogP contribution is 2.17. The lowest BCUT2D eigenvalue weighted by molar-refractivity contribution is 0.0931. The van der Waals surface area contributed by atoms with Gasteiger partial charge < -0.3 is 11.1 Å². The molecule has 2 aromatic rings. The molecule has 1 amide bonds. The topological polar surface area (TPSA) is 80.9 Å². The van der Waals surface area contributed by atoms with E-state index < -0.39 is 0 Å². The predicted molar refractivity (Wildman–Crippen MR) is 89.2 cm³/mol. The van der Waals surface area contributed by atoms with Crippen molar-refractivity contribution in [2.45, 2.75) is 25.9 Å². The number of nitrogens with one attached hydrogen (secondary N) is 1. The summed E-state index contributed by atoms with van der Waals surface area (Å²) in [7, 11) is 0. The SMILES string of the molecule is CCC(NC(=O)c1csc(CN)n1)c1ccncc1.Cl.Cl. The lowest BCUT2D eigenvalue weighted by Gasteiger charge is -2.16. The first-order valence-electron chi connectivity index (χ1n) is 6.09. The monoisotopic (exact) mass is 348 g/mol. The molecule has 3 N–H and O–H groups in total. The van der Waals surface area contributed by atoms with E-state index in [-0.39, 0.29) is 36.8 Å². The van der Waals surface area contributed by atoms with E-state index in [9.17, 15) is 4.79 Å². The van der Waals surface area contributed by atoms with Gasteiger partial charge in [0.05, 0.1) is 6.04 Å². The maximum absolute atomic E-state index is 12.1. The Morgan fingerprint density at radius 2 is 2.05 bits per heavy atom. The molecule has 0 fully saturated rings. The number of thiazole rings is 1. The fraction of sp³-hybridized carbons (Fsp3) is 0.308. The van der Waals surface area contributed by atoms with Gasteiger partial charge in [-0.1, -0.05) is 6.92 Å². The number of amides is 1. The number of nitrogens with two attached hydrogens (primary N) is 1. The molecule has 5 nitrogen and oxygen atoms in total. The number of nitrogens with zero attached hydrogens (tertiary/aromatic N) is 2. The average Bonchev–Trinajstić information content (AvgIpc) is 2.94. The summed E-state index contributed by atoms with van der Waals surface area (Å²) in [5.41, 5.74) is 6.96. The third-order valence-corrected chi connectivity index (χ3v) is 3.65. The van der Waals surface area contributed by atoms with Crippen LogP contribution in [0.1, 0.15) is 40.4 Å². The van der Waals surface area contributed by atoms with Crippen molar-refractivity contribution in [3.63, 3.8) is 0 Å². The molecule has 1 unspecified atom stereocenters. The molecule has 0 saturated carbocycles. The van der Waals surface area contributed by atoms with Gasteiger partial charge in [-0.05, 0) is 24.1 Å². The average molecular weight is 349 g/mol. The van der Waals surface area contributed by atoms with Crippen LogP contribution in [0.3, 0.4) is 0 Å². The van der Waals surface area contributed by atoms with Gasteiger partial charge in [0.15, 0.2) is 0 Å². The fourth-order valence-electron chi connectivity index (χ4n) is 1.76. The van der Waals surface area contributed by atoms with Crippen LogP contribution in [0.25, 0.3) is 0 Å². The van der Waals surface area contributed by atoms with Crippen LogP contribution in [0.5, 0.6) is 0 Å². The number of hydrogen-bond donors (Lipinski definition) is 2. The highest BCUT2D eigenvalue weighted by molar-refractivity contribution is 7.09. The molecule has 2 rings (SSSR count). The molecule has 21 heavy (non-hydrogen) atoms. The summed E-state index contributed by atoms with van der Waals surface area (Å²) in [6, 6.07) is 3.78. The van der Waals surface area contributed by atoms with Gasteiger partial charge in [-0.25, -0.2) is 4.98 Å². The van der Waals surface area contributed by atoms with Crippen LogP contribution >= 0.6 is 36.2 Å². The highest BCUT2D eigenvalue weighted by atomic mass is 35.5. The predicted octanol–water partition coefficient (Wildman–Crippen LogP) is 2.72. The Morgan fingerprint density at radius 1 is 1.38 bits per heavy atom. The van der Waals surface area contributed by atoms with Crippen LogP contribution in [0.15, 0.2) is 29.9 Å². The van der Waals surface area contributed by atoms with Crippen molar-refractivity contribution in [3.8, 4) is 0 Å². The molecule has 0 aliphatic carbocycles. The standard InChI is InChI=1S/C13H16N4OS.2ClH/c1-2-10(9-3-5-15-6-4-9)17-13(18)11-8-19-12(7-14)16-11;;/h3-6,8,10H,2,7,14H2,1H3,(H,17,18);2*1H. The number of carbonyl (C=O) groups is 1. The van der Waals surface area contributed by atoms with Crippen molar-refractivity contribution < 1.29 is 4.79 Å². The number of rotatable bonds is 5. The summed E-state index contributed by atoms with van der Waals surface area (Å²) in [6.45, 7) is 2.39. The molecule has 0 aliphatic heterocycles. The normalized spacial score (nSPS) is 11.0. The van der Waals surface area contributed by atoms with E-state index in [0.29, 0.717) is 12.2 Å². The van der Waals surface area contributed by atoms with E-state index in [1.54, 1.807) is 17.8 Å². The summed E-state index contributed by atoms with van der Waals surface area (Å²) < 4.78 is 0. The van der Waals surface area contributed by atoms with Crippen LogP contribution in [-0.4, -0.2) is 15.9 Å². The highest BCUT2D eigenvalue weighted by Gasteiger charge is 2.16. The number of halogens is 2.